The predicted octanol–water partition coefficient (Wildman–Crippen LogP) is 8.02. The molecule has 6 rings (SSSR count). The maximum atomic E-state index is 14.5. The standard InChI is InChI=1S/C35H30BrNO4S/c36-31-21-22-32(41-24-26-13-5-2-6-14-26)29-18-10-19-30(34(29)31)35(38)37(23-25-11-3-1-4-12-25)42(39,40)33-20-9-16-27-15-7-8-17-28(27)33/h1-9,11-17,20-22,30H,10,18-19,23-24H2. The van der Waals surface area contributed by atoms with E-state index in [0.717, 1.165) is 55.0 Å². The van der Waals surface area contributed by atoms with Gasteiger partial charge in [-0.05, 0) is 65.1 Å². The topological polar surface area (TPSA) is 63.7 Å². The van der Waals surface area contributed by atoms with Gasteiger partial charge in [-0.2, -0.15) is 0 Å². The van der Waals surface area contributed by atoms with E-state index in [1.807, 2.05) is 97.1 Å². The Bertz CT molecular complexity index is 1840. The van der Waals surface area contributed by atoms with Crippen molar-refractivity contribution in [2.45, 2.75) is 43.2 Å². The Morgan fingerprint density at radius 2 is 1.48 bits per heavy atom. The smallest absolute Gasteiger partial charge is 0.267 e. The van der Waals surface area contributed by atoms with Gasteiger partial charge in [0.05, 0.1) is 17.4 Å². The van der Waals surface area contributed by atoms with Crippen LogP contribution in [0.15, 0.2) is 125 Å². The summed E-state index contributed by atoms with van der Waals surface area (Å²) < 4.78 is 37.0. The number of halogens is 1. The number of amides is 1. The molecule has 0 aromatic heterocycles. The first kappa shape index (κ1) is 28.2. The zero-order valence-corrected chi connectivity index (χ0v) is 25.4. The highest BCUT2D eigenvalue weighted by Gasteiger charge is 2.39. The molecule has 0 spiro atoms. The Hall–Kier alpha value is -3.94. The van der Waals surface area contributed by atoms with Crippen LogP contribution in [-0.4, -0.2) is 18.6 Å². The first-order valence-corrected chi connectivity index (χ1v) is 16.2. The molecular formula is C35H30BrNO4S. The van der Waals surface area contributed by atoms with E-state index in [0.29, 0.717) is 18.4 Å². The SMILES string of the molecule is O=C(C1CCCc2c(OCc3ccccc3)ccc(Br)c21)N(Cc1ccccc1)S(=O)(=O)c1cccc2ccccc12. The van der Waals surface area contributed by atoms with Gasteiger partial charge in [0.25, 0.3) is 10.0 Å². The van der Waals surface area contributed by atoms with Gasteiger partial charge in [-0.25, -0.2) is 12.7 Å². The maximum absolute atomic E-state index is 14.5. The van der Waals surface area contributed by atoms with E-state index in [9.17, 15) is 13.2 Å². The summed E-state index contributed by atoms with van der Waals surface area (Å²) in [6.07, 6.45) is 2.04. The van der Waals surface area contributed by atoms with Crippen molar-refractivity contribution in [1.29, 1.82) is 0 Å². The summed E-state index contributed by atoms with van der Waals surface area (Å²) in [5, 5.41) is 1.39. The molecule has 7 heteroatoms. The molecule has 1 aliphatic rings. The van der Waals surface area contributed by atoms with E-state index < -0.39 is 21.8 Å². The van der Waals surface area contributed by atoms with Crippen LogP contribution in [0.2, 0.25) is 0 Å². The Labute approximate surface area is 254 Å². The number of hydrogen-bond acceptors (Lipinski definition) is 4. The van der Waals surface area contributed by atoms with Gasteiger partial charge in [-0.3, -0.25) is 4.79 Å². The molecular weight excluding hydrogens is 610 g/mol. The van der Waals surface area contributed by atoms with Crippen molar-refractivity contribution in [2.24, 2.45) is 0 Å². The van der Waals surface area contributed by atoms with E-state index in [1.54, 1.807) is 18.2 Å². The lowest BCUT2D eigenvalue weighted by atomic mass is 9.81. The van der Waals surface area contributed by atoms with Crippen LogP contribution < -0.4 is 4.74 Å². The Balaban J connectivity index is 1.41. The van der Waals surface area contributed by atoms with Crippen LogP contribution in [0.25, 0.3) is 10.8 Å². The number of carbonyl (C=O) groups excluding carboxylic acids is 1. The monoisotopic (exact) mass is 639 g/mol. The Morgan fingerprint density at radius 3 is 2.24 bits per heavy atom. The first-order valence-electron chi connectivity index (χ1n) is 14.0. The van der Waals surface area contributed by atoms with Crippen LogP contribution >= 0.6 is 15.9 Å². The third-order valence-electron chi connectivity index (χ3n) is 7.80. The van der Waals surface area contributed by atoms with Crippen molar-refractivity contribution in [3.8, 4) is 5.75 Å². The van der Waals surface area contributed by atoms with Gasteiger partial charge in [-0.15, -0.1) is 0 Å². The minimum Gasteiger partial charge on any atom is -0.489 e. The number of benzene rings is 5. The molecule has 1 unspecified atom stereocenters. The Morgan fingerprint density at radius 1 is 0.810 bits per heavy atom. The summed E-state index contributed by atoms with van der Waals surface area (Å²) in [6.45, 7) is 0.349. The van der Waals surface area contributed by atoms with E-state index in [4.69, 9.17) is 4.74 Å². The van der Waals surface area contributed by atoms with Crippen molar-refractivity contribution in [1.82, 2.24) is 4.31 Å². The first-order chi connectivity index (χ1) is 20.4. The van der Waals surface area contributed by atoms with Crippen molar-refractivity contribution < 1.29 is 17.9 Å². The number of ether oxygens (including phenoxy) is 1. The molecule has 5 nitrogen and oxygen atoms in total. The zero-order valence-electron chi connectivity index (χ0n) is 22.9. The van der Waals surface area contributed by atoms with Crippen LogP contribution in [0.3, 0.4) is 0 Å². The van der Waals surface area contributed by atoms with Gasteiger partial charge in [0, 0.05) is 9.86 Å². The second kappa shape index (κ2) is 12.1. The molecule has 0 saturated carbocycles. The molecule has 42 heavy (non-hydrogen) atoms. The number of sulfonamides is 1. The summed E-state index contributed by atoms with van der Waals surface area (Å²) in [7, 11) is -4.21. The number of rotatable bonds is 8. The fourth-order valence-electron chi connectivity index (χ4n) is 5.74. The molecule has 0 radical (unpaired) electrons. The van der Waals surface area contributed by atoms with E-state index in [-0.39, 0.29) is 11.4 Å². The van der Waals surface area contributed by atoms with E-state index in [1.165, 1.54) is 0 Å². The number of nitrogens with zero attached hydrogens (tertiary/aromatic N) is 1. The van der Waals surface area contributed by atoms with Crippen molar-refractivity contribution in [3.05, 3.63) is 142 Å². The van der Waals surface area contributed by atoms with Crippen LogP contribution in [0.5, 0.6) is 5.75 Å². The summed E-state index contributed by atoms with van der Waals surface area (Å²) in [5.74, 6) is -0.355. The molecule has 5 aromatic rings. The van der Waals surface area contributed by atoms with Crippen LogP contribution in [0.1, 0.15) is 41.0 Å². The molecule has 0 fully saturated rings. The summed E-state index contributed by atoms with van der Waals surface area (Å²) in [5.41, 5.74) is 3.55. The molecule has 1 atom stereocenters. The molecule has 5 aromatic carbocycles. The van der Waals surface area contributed by atoms with Crippen LogP contribution in [0.4, 0.5) is 0 Å². The fourth-order valence-corrected chi connectivity index (χ4v) is 8.02. The van der Waals surface area contributed by atoms with Gasteiger partial charge >= 0.3 is 0 Å². The minimum absolute atomic E-state index is 0.0567. The second-order valence-corrected chi connectivity index (χ2v) is 13.2. The summed E-state index contributed by atoms with van der Waals surface area (Å²) in [4.78, 5) is 14.7. The molecule has 0 heterocycles. The number of hydrogen-bond donors (Lipinski definition) is 0. The predicted molar refractivity (Wildman–Crippen MR) is 169 cm³/mol. The van der Waals surface area contributed by atoms with Gasteiger partial charge < -0.3 is 4.74 Å². The lowest BCUT2D eigenvalue weighted by Gasteiger charge is -2.32. The number of carbonyl (C=O) groups is 1. The largest absolute Gasteiger partial charge is 0.489 e. The van der Waals surface area contributed by atoms with Gasteiger partial charge in [0.1, 0.15) is 12.4 Å². The minimum atomic E-state index is -4.21. The average Bonchev–Trinajstić information content (AvgIpc) is 3.03. The van der Waals surface area contributed by atoms with Gasteiger partial charge in [-0.1, -0.05) is 113 Å². The third-order valence-corrected chi connectivity index (χ3v) is 10.3. The fraction of sp³-hybridized carbons (Fsp3) is 0.171. The van der Waals surface area contributed by atoms with Gasteiger partial charge in [0.15, 0.2) is 0 Å². The summed E-state index contributed by atoms with van der Waals surface area (Å²) >= 11 is 3.69. The van der Waals surface area contributed by atoms with E-state index in [2.05, 4.69) is 15.9 Å². The van der Waals surface area contributed by atoms with Crippen LogP contribution in [0, 0.1) is 0 Å². The molecule has 0 N–H and O–H groups in total. The summed E-state index contributed by atoms with van der Waals surface area (Å²) in [6, 6.07) is 35.6. The number of fused-ring (bicyclic) bond motifs is 2. The third kappa shape index (κ3) is 5.59. The van der Waals surface area contributed by atoms with Crippen LogP contribution in [-0.2, 0) is 34.4 Å². The van der Waals surface area contributed by atoms with E-state index >= 15 is 0 Å². The molecule has 0 bridgehead atoms. The molecule has 1 amide bonds. The molecule has 212 valence electrons. The lowest BCUT2D eigenvalue weighted by molar-refractivity contribution is -0.128. The highest BCUT2D eigenvalue weighted by molar-refractivity contribution is 9.10. The van der Waals surface area contributed by atoms with Crippen molar-refractivity contribution >= 4 is 42.6 Å². The molecule has 1 aliphatic carbocycles. The second-order valence-electron chi connectivity index (χ2n) is 10.5. The molecule has 0 aliphatic heterocycles. The molecule has 0 saturated heterocycles. The van der Waals surface area contributed by atoms with Crippen molar-refractivity contribution in [3.63, 3.8) is 0 Å². The zero-order chi connectivity index (χ0) is 29.1. The highest BCUT2D eigenvalue weighted by atomic mass is 79.9. The average molecular weight is 641 g/mol. The Kier molecular flexibility index (Phi) is 8.13. The van der Waals surface area contributed by atoms with Crippen molar-refractivity contribution in [2.75, 3.05) is 0 Å². The highest BCUT2D eigenvalue weighted by Crippen LogP contribution is 2.43. The quantitative estimate of drug-likeness (QED) is 0.172. The normalized spacial score (nSPS) is 14.7. The maximum Gasteiger partial charge on any atom is 0.267 e. The van der Waals surface area contributed by atoms with Gasteiger partial charge in [0.2, 0.25) is 5.91 Å². The lowest BCUT2D eigenvalue weighted by Crippen LogP contribution is -2.40.